The first-order chi connectivity index (χ1) is 12.2. The summed E-state index contributed by atoms with van der Waals surface area (Å²) in [6.45, 7) is 0.800. The average molecular weight is 356 g/mol. The van der Waals surface area contributed by atoms with Gasteiger partial charge in [-0.05, 0) is 29.8 Å². The van der Waals surface area contributed by atoms with Gasteiger partial charge < -0.3 is 15.1 Å². The maximum absolute atomic E-state index is 12.2. The van der Waals surface area contributed by atoms with E-state index in [1.807, 2.05) is 72.0 Å². The van der Waals surface area contributed by atoms with Crippen LogP contribution in [0.15, 0.2) is 77.4 Å². The van der Waals surface area contributed by atoms with Gasteiger partial charge in [-0.15, -0.1) is 0 Å². The van der Waals surface area contributed by atoms with E-state index in [1.165, 1.54) is 0 Å². The number of carbonyl (C=O) groups excluding carboxylic acids is 1. The second kappa shape index (κ2) is 8.51. The summed E-state index contributed by atoms with van der Waals surface area (Å²) in [7, 11) is 0. The molecule has 0 radical (unpaired) electrons. The lowest BCUT2D eigenvalue weighted by Gasteiger charge is -2.14. The summed E-state index contributed by atoms with van der Waals surface area (Å²) in [5.41, 5.74) is 2.12. The minimum Gasteiger partial charge on any atom is -0.463 e. The molecule has 128 valence electrons. The van der Waals surface area contributed by atoms with Crippen LogP contribution in [0.25, 0.3) is 0 Å². The number of nitrogens with two attached hydrogens (primary N) is 1. The fourth-order valence-electron chi connectivity index (χ4n) is 2.65. The minimum atomic E-state index is -0.0440. The fraction of sp³-hybridized carbons (Fsp3) is 0.150. The lowest BCUT2D eigenvalue weighted by Crippen LogP contribution is -2.87. The summed E-state index contributed by atoms with van der Waals surface area (Å²) < 4.78 is 5.55. The minimum absolute atomic E-state index is 0.0255. The summed E-state index contributed by atoms with van der Waals surface area (Å²) in [4.78, 5) is 12.2. The molecule has 0 saturated heterocycles. The number of carbonyl (C=O) groups is 1. The largest absolute Gasteiger partial charge is 0.463 e. The Bertz CT molecular complexity index is 786. The SMILES string of the molecule is O=C(C[NH2+][C@H](c1ccccc1)c1ccco1)NCc1ccc(Cl)cc1. The van der Waals surface area contributed by atoms with Gasteiger partial charge in [-0.1, -0.05) is 54.1 Å². The molecule has 0 spiro atoms. The second-order valence-electron chi connectivity index (χ2n) is 5.75. The molecule has 25 heavy (non-hydrogen) atoms. The molecular weight excluding hydrogens is 336 g/mol. The van der Waals surface area contributed by atoms with Gasteiger partial charge in [0, 0.05) is 17.1 Å². The Morgan fingerprint density at radius 2 is 1.80 bits per heavy atom. The van der Waals surface area contributed by atoms with Crippen molar-refractivity contribution in [3.8, 4) is 0 Å². The third-order valence-corrected chi connectivity index (χ3v) is 4.20. The smallest absolute Gasteiger partial charge is 0.275 e. The van der Waals surface area contributed by atoms with Crippen LogP contribution < -0.4 is 10.6 Å². The molecule has 3 N–H and O–H groups in total. The van der Waals surface area contributed by atoms with Crippen LogP contribution in [0.4, 0.5) is 0 Å². The topological polar surface area (TPSA) is 58.9 Å². The van der Waals surface area contributed by atoms with Crippen LogP contribution in [0, 0.1) is 0 Å². The van der Waals surface area contributed by atoms with Crippen LogP contribution >= 0.6 is 11.6 Å². The lowest BCUT2D eigenvalue weighted by molar-refractivity contribution is -0.678. The van der Waals surface area contributed by atoms with Crippen molar-refractivity contribution in [3.05, 3.63) is 94.9 Å². The number of nitrogens with one attached hydrogen (secondary N) is 1. The van der Waals surface area contributed by atoms with E-state index in [0.717, 1.165) is 16.9 Å². The van der Waals surface area contributed by atoms with Gasteiger partial charge in [-0.25, -0.2) is 0 Å². The maximum Gasteiger partial charge on any atom is 0.275 e. The van der Waals surface area contributed by atoms with Gasteiger partial charge >= 0.3 is 0 Å². The van der Waals surface area contributed by atoms with Gasteiger partial charge in [0.05, 0.1) is 6.26 Å². The van der Waals surface area contributed by atoms with Gasteiger partial charge in [-0.3, -0.25) is 4.79 Å². The number of halogens is 1. The van der Waals surface area contributed by atoms with E-state index < -0.39 is 0 Å². The van der Waals surface area contributed by atoms with Crippen molar-refractivity contribution in [1.29, 1.82) is 0 Å². The molecule has 1 atom stereocenters. The van der Waals surface area contributed by atoms with Crippen LogP contribution in [0.1, 0.15) is 22.9 Å². The highest BCUT2D eigenvalue weighted by Crippen LogP contribution is 2.18. The zero-order valence-corrected chi connectivity index (χ0v) is 14.4. The van der Waals surface area contributed by atoms with Crippen molar-refractivity contribution >= 4 is 17.5 Å². The van der Waals surface area contributed by atoms with Crippen molar-refractivity contribution in [1.82, 2.24) is 5.32 Å². The molecule has 1 amide bonds. The van der Waals surface area contributed by atoms with Gasteiger partial charge in [0.15, 0.2) is 18.3 Å². The number of furan rings is 1. The number of amides is 1. The molecule has 2 aromatic carbocycles. The molecule has 0 saturated carbocycles. The van der Waals surface area contributed by atoms with Crippen LogP contribution in [-0.2, 0) is 11.3 Å². The van der Waals surface area contributed by atoms with Crippen LogP contribution in [0.5, 0.6) is 0 Å². The van der Waals surface area contributed by atoms with E-state index in [1.54, 1.807) is 6.26 Å². The van der Waals surface area contributed by atoms with E-state index in [9.17, 15) is 4.79 Å². The lowest BCUT2D eigenvalue weighted by atomic mass is 10.0. The molecule has 0 fully saturated rings. The van der Waals surface area contributed by atoms with Crippen molar-refractivity contribution in [3.63, 3.8) is 0 Å². The van der Waals surface area contributed by atoms with Crippen molar-refractivity contribution < 1.29 is 14.5 Å². The first-order valence-corrected chi connectivity index (χ1v) is 8.53. The summed E-state index contributed by atoms with van der Waals surface area (Å²) in [6, 6.07) is 21.2. The normalized spacial score (nSPS) is 11.9. The Balaban J connectivity index is 1.57. The predicted octanol–water partition coefficient (Wildman–Crippen LogP) is 2.90. The molecule has 3 aromatic rings. The van der Waals surface area contributed by atoms with E-state index in [4.69, 9.17) is 16.0 Å². The molecule has 4 nitrogen and oxygen atoms in total. The summed E-state index contributed by atoms with van der Waals surface area (Å²) in [6.07, 6.45) is 1.65. The van der Waals surface area contributed by atoms with Crippen molar-refractivity contribution in [2.24, 2.45) is 0 Å². The molecule has 3 rings (SSSR count). The maximum atomic E-state index is 12.2. The Morgan fingerprint density at radius 1 is 1.04 bits per heavy atom. The van der Waals surface area contributed by atoms with Gasteiger partial charge in [0.2, 0.25) is 0 Å². The molecule has 0 aliphatic heterocycles. The van der Waals surface area contributed by atoms with E-state index in [0.29, 0.717) is 18.1 Å². The Hall–Kier alpha value is -2.56. The number of rotatable bonds is 7. The van der Waals surface area contributed by atoms with Gasteiger partial charge in [0.1, 0.15) is 0 Å². The summed E-state index contributed by atoms with van der Waals surface area (Å²) in [5.74, 6) is 0.805. The third-order valence-electron chi connectivity index (χ3n) is 3.95. The van der Waals surface area contributed by atoms with E-state index in [-0.39, 0.29) is 11.9 Å². The number of quaternary nitrogens is 1. The summed E-state index contributed by atoms with van der Waals surface area (Å²) >= 11 is 5.86. The molecule has 0 bridgehead atoms. The predicted molar refractivity (Wildman–Crippen MR) is 97.1 cm³/mol. The number of benzene rings is 2. The van der Waals surface area contributed by atoms with Crippen molar-refractivity contribution in [2.75, 3.05) is 6.54 Å². The quantitative estimate of drug-likeness (QED) is 0.684. The molecule has 5 heteroatoms. The van der Waals surface area contributed by atoms with Crippen LogP contribution in [0.3, 0.4) is 0 Å². The van der Waals surface area contributed by atoms with E-state index in [2.05, 4.69) is 5.32 Å². The third kappa shape index (κ3) is 4.95. The van der Waals surface area contributed by atoms with Crippen LogP contribution in [-0.4, -0.2) is 12.5 Å². The monoisotopic (exact) mass is 355 g/mol. The fourth-order valence-corrected chi connectivity index (χ4v) is 2.77. The molecule has 0 aliphatic rings. The van der Waals surface area contributed by atoms with Crippen molar-refractivity contribution in [2.45, 2.75) is 12.6 Å². The molecule has 1 aromatic heterocycles. The first kappa shape index (κ1) is 17.3. The zero-order valence-electron chi connectivity index (χ0n) is 13.7. The average Bonchev–Trinajstić information content (AvgIpc) is 3.17. The van der Waals surface area contributed by atoms with Gasteiger partial charge in [-0.2, -0.15) is 0 Å². The Morgan fingerprint density at radius 3 is 2.48 bits per heavy atom. The summed E-state index contributed by atoms with van der Waals surface area (Å²) in [5, 5.41) is 5.59. The zero-order chi connectivity index (χ0) is 17.5. The second-order valence-corrected chi connectivity index (χ2v) is 6.18. The number of hydrogen-bond acceptors (Lipinski definition) is 2. The molecule has 1 heterocycles. The number of hydrogen-bond donors (Lipinski definition) is 2. The van der Waals surface area contributed by atoms with E-state index >= 15 is 0 Å². The molecule has 0 aliphatic carbocycles. The highest BCUT2D eigenvalue weighted by molar-refractivity contribution is 6.30. The highest BCUT2D eigenvalue weighted by atomic mass is 35.5. The van der Waals surface area contributed by atoms with Crippen LogP contribution in [0.2, 0.25) is 5.02 Å². The van der Waals surface area contributed by atoms with Gasteiger partial charge in [0.25, 0.3) is 5.91 Å². The Labute approximate surface area is 151 Å². The highest BCUT2D eigenvalue weighted by Gasteiger charge is 2.21. The standard InChI is InChI=1S/C20H19ClN2O2/c21-17-10-8-15(9-11-17)13-22-19(24)14-23-20(18-7-4-12-25-18)16-5-2-1-3-6-16/h1-12,20,23H,13-14H2,(H,22,24)/p+1/t20-/m1/s1. The molecular formula is C20H20ClN2O2+. The first-order valence-electron chi connectivity index (χ1n) is 8.15. The molecule has 0 unspecified atom stereocenters. The Kier molecular flexibility index (Phi) is 5.88.